The van der Waals surface area contributed by atoms with E-state index in [2.05, 4.69) is 15.5 Å². The van der Waals surface area contributed by atoms with Crippen molar-refractivity contribution >= 4 is 23.2 Å². The molecule has 138 valence electrons. The maximum Gasteiger partial charge on any atom is 0.253 e. The van der Waals surface area contributed by atoms with E-state index in [0.29, 0.717) is 24.5 Å². The van der Waals surface area contributed by atoms with Crippen LogP contribution < -0.4 is 10.6 Å². The predicted molar refractivity (Wildman–Crippen MR) is 99.7 cm³/mol. The van der Waals surface area contributed by atoms with Crippen LogP contribution in [0, 0.1) is 0 Å². The Labute approximate surface area is 149 Å². The Bertz CT molecular complexity index is 569. The molecule has 1 atom stereocenters. The van der Waals surface area contributed by atoms with Gasteiger partial charge in [0.05, 0.1) is 6.54 Å². The first-order valence-corrected chi connectivity index (χ1v) is 9.13. The number of amides is 2. The smallest absolute Gasteiger partial charge is 0.253 e. The van der Waals surface area contributed by atoms with E-state index in [1.54, 1.807) is 19.1 Å². The van der Waals surface area contributed by atoms with Crippen molar-refractivity contribution in [2.24, 2.45) is 0 Å². The molecule has 0 bridgehead atoms. The van der Waals surface area contributed by atoms with Gasteiger partial charge in [-0.1, -0.05) is 18.9 Å². The number of carbonyl (C=O) groups excluding carboxylic acids is 2. The Balaban J connectivity index is 1.87. The molecule has 1 aromatic rings. The topological polar surface area (TPSA) is 70.7 Å². The summed E-state index contributed by atoms with van der Waals surface area (Å²) in [7, 11) is 0. The van der Waals surface area contributed by atoms with Crippen LogP contribution in [0.25, 0.3) is 0 Å². The Kier molecular flexibility index (Phi) is 7.88. The summed E-state index contributed by atoms with van der Waals surface area (Å²) < 4.78 is 5.28. The minimum atomic E-state index is -0.508. The minimum absolute atomic E-state index is 0.0203. The minimum Gasteiger partial charge on any atom is -0.369 e. The van der Waals surface area contributed by atoms with Crippen LogP contribution in [0.4, 0.5) is 11.4 Å². The zero-order valence-electron chi connectivity index (χ0n) is 15.2. The fourth-order valence-electron chi connectivity index (χ4n) is 2.94. The molecule has 25 heavy (non-hydrogen) atoms. The molecule has 1 saturated heterocycles. The van der Waals surface area contributed by atoms with Gasteiger partial charge in [-0.15, -0.1) is 0 Å². The average molecular weight is 347 g/mol. The predicted octanol–water partition coefficient (Wildman–Crippen LogP) is 2.86. The van der Waals surface area contributed by atoms with Crippen molar-refractivity contribution in [3.05, 3.63) is 24.3 Å². The van der Waals surface area contributed by atoms with Gasteiger partial charge in [0.15, 0.2) is 0 Å². The van der Waals surface area contributed by atoms with Crippen LogP contribution in [0.3, 0.4) is 0 Å². The SMILES string of the molecule is CCO[C@H](C)C(=O)Nc1cccc(NC(=O)CN2CCCCCC2)c1. The summed E-state index contributed by atoms with van der Waals surface area (Å²) in [4.78, 5) is 26.5. The number of nitrogens with one attached hydrogen (secondary N) is 2. The number of nitrogens with zero attached hydrogens (tertiary/aromatic N) is 1. The van der Waals surface area contributed by atoms with Crippen LogP contribution in [-0.4, -0.2) is 49.1 Å². The maximum atomic E-state index is 12.3. The van der Waals surface area contributed by atoms with E-state index in [-0.39, 0.29) is 11.8 Å². The second-order valence-corrected chi connectivity index (χ2v) is 6.41. The lowest BCUT2D eigenvalue weighted by molar-refractivity contribution is -0.126. The lowest BCUT2D eigenvalue weighted by Crippen LogP contribution is -2.34. The molecular formula is C19H29N3O3. The highest BCUT2D eigenvalue weighted by Crippen LogP contribution is 2.16. The van der Waals surface area contributed by atoms with E-state index in [4.69, 9.17) is 4.74 Å². The van der Waals surface area contributed by atoms with Crippen molar-refractivity contribution in [1.29, 1.82) is 0 Å². The molecule has 0 radical (unpaired) electrons. The molecule has 0 unspecified atom stereocenters. The number of carbonyl (C=O) groups is 2. The van der Waals surface area contributed by atoms with E-state index in [9.17, 15) is 9.59 Å². The zero-order chi connectivity index (χ0) is 18.1. The monoisotopic (exact) mass is 347 g/mol. The largest absolute Gasteiger partial charge is 0.369 e. The number of benzene rings is 1. The van der Waals surface area contributed by atoms with Crippen molar-refractivity contribution in [3.63, 3.8) is 0 Å². The van der Waals surface area contributed by atoms with Gasteiger partial charge in [-0.05, 0) is 58.0 Å². The van der Waals surface area contributed by atoms with E-state index in [1.165, 1.54) is 12.8 Å². The normalized spacial score (nSPS) is 16.7. The van der Waals surface area contributed by atoms with Crippen LogP contribution in [0.1, 0.15) is 39.5 Å². The average Bonchev–Trinajstić information content (AvgIpc) is 2.84. The second kappa shape index (κ2) is 10.2. The van der Waals surface area contributed by atoms with E-state index in [1.807, 2.05) is 19.1 Å². The highest BCUT2D eigenvalue weighted by Gasteiger charge is 2.14. The summed E-state index contributed by atoms with van der Waals surface area (Å²) in [6, 6.07) is 7.18. The van der Waals surface area contributed by atoms with Gasteiger partial charge in [0, 0.05) is 18.0 Å². The number of rotatable bonds is 7. The molecule has 2 rings (SSSR count). The molecular weight excluding hydrogens is 318 g/mol. The summed E-state index contributed by atoms with van der Waals surface area (Å²) in [5.74, 6) is -0.219. The summed E-state index contributed by atoms with van der Waals surface area (Å²) >= 11 is 0. The number of anilines is 2. The van der Waals surface area contributed by atoms with Crippen LogP contribution in [0.5, 0.6) is 0 Å². The first kappa shape index (κ1) is 19.4. The van der Waals surface area contributed by atoms with Crippen LogP contribution in [0.15, 0.2) is 24.3 Å². The van der Waals surface area contributed by atoms with Crippen LogP contribution >= 0.6 is 0 Å². The van der Waals surface area contributed by atoms with E-state index in [0.717, 1.165) is 25.9 Å². The van der Waals surface area contributed by atoms with Gasteiger partial charge in [-0.3, -0.25) is 14.5 Å². The molecule has 1 fully saturated rings. The first-order chi connectivity index (χ1) is 12.1. The molecule has 6 nitrogen and oxygen atoms in total. The lowest BCUT2D eigenvalue weighted by atomic mass is 10.2. The van der Waals surface area contributed by atoms with Crippen molar-refractivity contribution < 1.29 is 14.3 Å². The zero-order valence-corrected chi connectivity index (χ0v) is 15.2. The van der Waals surface area contributed by atoms with Crippen LogP contribution in [0.2, 0.25) is 0 Å². The molecule has 6 heteroatoms. The van der Waals surface area contributed by atoms with Gasteiger partial charge < -0.3 is 15.4 Å². The number of hydrogen-bond acceptors (Lipinski definition) is 4. The van der Waals surface area contributed by atoms with Gasteiger partial charge >= 0.3 is 0 Å². The number of ether oxygens (including phenoxy) is 1. The highest BCUT2D eigenvalue weighted by molar-refractivity contribution is 5.96. The third kappa shape index (κ3) is 6.84. The Morgan fingerprint density at radius 2 is 1.76 bits per heavy atom. The summed E-state index contributed by atoms with van der Waals surface area (Å²) in [5.41, 5.74) is 1.32. The fraction of sp³-hybridized carbons (Fsp3) is 0.579. The standard InChI is InChI=1S/C19H29N3O3/c1-3-25-15(2)19(24)21-17-10-8-9-16(13-17)20-18(23)14-22-11-6-4-5-7-12-22/h8-10,13,15H,3-7,11-12,14H2,1-2H3,(H,20,23)(H,21,24)/t15-/m1/s1. The molecule has 2 N–H and O–H groups in total. The Morgan fingerprint density at radius 1 is 1.12 bits per heavy atom. The van der Waals surface area contributed by atoms with Crippen molar-refractivity contribution in [3.8, 4) is 0 Å². The number of hydrogen-bond donors (Lipinski definition) is 2. The van der Waals surface area contributed by atoms with Gasteiger partial charge in [-0.25, -0.2) is 0 Å². The van der Waals surface area contributed by atoms with Gasteiger partial charge in [-0.2, -0.15) is 0 Å². The van der Waals surface area contributed by atoms with Gasteiger partial charge in [0.2, 0.25) is 5.91 Å². The molecule has 2 amide bonds. The molecule has 0 saturated carbocycles. The van der Waals surface area contributed by atoms with Crippen molar-refractivity contribution in [2.45, 2.75) is 45.6 Å². The van der Waals surface area contributed by atoms with Gasteiger partial charge in [0.25, 0.3) is 5.91 Å². The van der Waals surface area contributed by atoms with Gasteiger partial charge in [0.1, 0.15) is 6.10 Å². The van der Waals surface area contributed by atoms with Crippen LogP contribution in [-0.2, 0) is 14.3 Å². The Morgan fingerprint density at radius 3 is 2.40 bits per heavy atom. The third-order valence-corrected chi connectivity index (χ3v) is 4.27. The summed E-state index contributed by atoms with van der Waals surface area (Å²) in [6.07, 6.45) is 4.31. The first-order valence-electron chi connectivity index (χ1n) is 9.13. The summed E-state index contributed by atoms with van der Waals surface area (Å²) in [5, 5.41) is 5.72. The third-order valence-electron chi connectivity index (χ3n) is 4.27. The van der Waals surface area contributed by atoms with Crippen molar-refractivity contribution in [1.82, 2.24) is 4.90 Å². The second-order valence-electron chi connectivity index (χ2n) is 6.41. The molecule has 0 aromatic heterocycles. The summed E-state index contributed by atoms with van der Waals surface area (Å²) in [6.45, 7) is 6.44. The molecule has 1 aromatic carbocycles. The molecule has 0 spiro atoms. The highest BCUT2D eigenvalue weighted by atomic mass is 16.5. The molecule has 0 aliphatic carbocycles. The van der Waals surface area contributed by atoms with E-state index < -0.39 is 6.10 Å². The lowest BCUT2D eigenvalue weighted by Gasteiger charge is -2.19. The Hall–Kier alpha value is -1.92. The number of likely N-dealkylation sites (tertiary alicyclic amines) is 1. The maximum absolute atomic E-state index is 12.3. The van der Waals surface area contributed by atoms with Crippen molar-refractivity contribution in [2.75, 3.05) is 36.9 Å². The molecule has 1 aliphatic heterocycles. The molecule has 1 heterocycles. The fourth-order valence-corrected chi connectivity index (χ4v) is 2.94. The van der Waals surface area contributed by atoms with E-state index >= 15 is 0 Å². The molecule has 1 aliphatic rings. The quantitative estimate of drug-likeness (QED) is 0.796.